The molecule has 17 heavy (non-hydrogen) atoms. The van der Waals surface area contributed by atoms with E-state index < -0.39 is 0 Å². The molecule has 96 valence electrons. The Labute approximate surface area is 122 Å². The van der Waals surface area contributed by atoms with E-state index in [2.05, 4.69) is 65.6 Å². The van der Waals surface area contributed by atoms with E-state index in [0.717, 1.165) is 0 Å². The van der Waals surface area contributed by atoms with Crippen LogP contribution in [-0.2, 0) is 0 Å². The van der Waals surface area contributed by atoms with Gasteiger partial charge in [-0.1, -0.05) is 62.9 Å². The third-order valence-corrected chi connectivity index (χ3v) is 7.72. The van der Waals surface area contributed by atoms with E-state index in [-0.39, 0.29) is 0 Å². The van der Waals surface area contributed by atoms with Crippen molar-refractivity contribution < 1.29 is 0 Å². The van der Waals surface area contributed by atoms with Crippen molar-refractivity contribution in [3.05, 3.63) is 21.7 Å². The van der Waals surface area contributed by atoms with Crippen LogP contribution in [0.5, 0.6) is 0 Å². The summed E-state index contributed by atoms with van der Waals surface area (Å²) in [4.78, 5) is 0.595. The maximum atomic E-state index is 3.91. The molecule has 0 aliphatic heterocycles. The van der Waals surface area contributed by atoms with E-state index in [0.29, 0.717) is 15.7 Å². The average molecular weight is 362 g/mol. The quantitative estimate of drug-likeness (QED) is 0.368. The molecule has 0 saturated heterocycles. The fourth-order valence-electron chi connectivity index (χ4n) is 3.51. The Morgan fingerprint density at radius 1 is 1.29 bits per heavy atom. The molecule has 0 heterocycles. The van der Waals surface area contributed by atoms with Crippen LogP contribution in [0.15, 0.2) is 21.7 Å². The Kier molecular flexibility index (Phi) is 3.69. The summed E-state index contributed by atoms with van der Waals surface area (Å²) >= 11 is 7.71. The van der Waals surface area contributed by atoms with Gasteiger partial charge in [-0.3, -0.25) is 0 Å². The minimum atomic E-state index is 0.325. The lowest BCUT2D eigenvalue weighted by Crippen LogP contribution is -2.48. The smallest absolute Gasteiger partial charge is 0.0240 e. The molecule has 2 atom stereocenters. The molecule has 0 nitrogen and oxygen atoms in total. The topological polar surface area (TPSA) is 0 Å². The third kappa shape index (κ3) is 2.00. The molecule has 0 saturated carbocycles. The van der Waals surface area contributed by atoms with Crippen molar-refractivity contribution in [1.29, 1.82) is 0 Å². The Morgan fingerprint density at radius 2 is 1.94 bits per heavy atom. The fraction of sp³-hybridized carbons (Fsp3) is 0.733. The van der Waals surface area contributed by atoms with Gasteiger partial charge in [-0.25, -0.2) is 0 Å². The molecule has 2 aliphatic rings. The lowest BCUT2D eigenvalue weighted by atomic mass is 9.52. The molecule has 2 aliphatic carbocycles. The highest BCUT2D eigenvalue weighted by atomic mass is 79.9. The maximum absolute atomic E-state index is 3.91. The lowest BCUT2D eigenvalue weighted by Gasteiger charge is -2.55. The highest BCUT2D eigenvalue weighted by Gasteiger charge is 2.52. The Balaban J connectivity index is 2.48. The second kappa shape index (κ2) is 4.52. The number of hydrogen-bond acceptors (Lipinski definition) is 0. The first-order valence-electron chi connectivity index (χ1n) is 6.47. The Bertz CT molecular complexity index is 390. The van der Waals surface area contributed by atoms with Crippen LogP contribution >= 0.6 is 31.9 Å². The molecule has 0 fully saturated rings. The number of hydrogen-bond donors (Lipinski definition) is 0. The molecule has 0 bridgehead atoms. The Morgan fingerprint density at radius 3 is 2.53 bits per heavy atom. The first kappa shape index (κ1) is 13.9. The molecule has 0 radical (unpaired) electrons. The molecular weight excluding hydrogens is 340 g/mol. The van der Waals surface area contributed by atoms with Gasteiger partial charge in [-0.05, 0) is 49.4 Å². The zero-order valence-electron chi connectivity index (χ0n) is 11.2. The molecule has 0 aromatic rings. The number of allylic oxidation sites excluding steroid dienone is 4. The van der Waals surface area contributed by atoms with Gasteiger partial charge < -0.3 is 0 Å². The maximum Gasteiger partial charge on any atom is 0.0240 e. The minimum Gasteiger partial charge on any atom is -0.0881 e. The number of alkyl halides is 1. The van der Waals surface area contributed by atoms with E-state index in [1.807, 2.05) is 0 Å². The summed E-state index contributed by atoms with van der Waals surface area (Å²) in [6.07, 6.45) is 7.32. The van der Waals surface area contributed by atoms with Crippen molar-refractivity contribution in [1.82, 2.24) is 0 Å². The summed E-state index contributed by atoms with van der Waals surface area (Å²) < 4.78 is 1.44. The van der Waals surface area contributed by atoms with Crippen LogP contribution in [0.4, 0.5) is 0 Å². The molecule has 1 spiro atoms. The van der Waals surface area contributed by atoms with E-state index in [9.17, 15) is 0 Å². The van der Waals surface area contributed by atoms with Gasteiger partial charge in [0.15, 0.2) is 0 Å². The number of rotatable bonds is 0. The van der Waals surface area contributed by atoms with Gasteiger partial charge in [0.05, 0.1) is 0 Å². The monoisotopic (exact) mass is 360 g/mol. The van der Waals surface area contributed by atoms with Crippen LogP contribution in [0, 0.1) is 10.8 Å². The van der Waals surface area contributed by atoms with Crippen molar-refractivity contribution in [2.75, 3.05) is 0 Å². The van der Waals surface area contributed by atoms with Crippen LogP contribution < -0.4 is 0 Å². The summed E-state index contributed by atoms with van der Waals surface area (Å²) in [5.41, 5.74) is 3.81. The summed E-state index contributed by atoms with van der Waals surface area (Å²) in [7, 11) is 0. The van der Waals surface area contributed by atoms with Crippen molar-refractivity contribution in [2.45, 2.75) is 58.2 Å². The SMILES string of the molecule is CC1=CCC(Br)C(C)(C)C12CCC(C)=C(Br)C2. The summed E-state index contributed by atoms with van der Waals surface area (Å²) in [5.74, 6) is 0. The van der Waals surface area contributed by atoms with E-state index in [1.54, 1.807) is 5.57 Å². The minimum absolute atomic E-state index is 0.325. The highest BCUT2D eigenvalue weighted by molar-refractivity contribution is 9.11. The van der Waals surface area contributed by atoms with Crippen molar-refractivity contribution >= 4 is 31.9 Å². The molecular formula is C15H22Br2. The van der Waals surface area contributed by atoms with E-state index >= 15 is 0 Å². The zero-order valence-corrected chi connectivity index (χ0v) is 14.4. The molecule has 0 N–H and O–H groups in total. The predicted molar refractivity (Wildman–Crippen MR) is 82.8 cm³/mol. The van der Waals surface area contributed by atoms with Crippen LogP contribution in [0.25, 0.3) is 0 Å². The van der Waals surface area contributed by atoms with Gasteiger partial charge in [-0.15, -0.1) is 0 Å². The van der Waals surface area contributed by atoms with Crippen LogP contribution in [0.3, 0.4) is 0 Å². The Hall–Kier alpha value is 0.440. The zero-order chi connectivity index (χ0) is 12.8. The van der Waals surface area contributed by atoms with E-state index in [1.165, 1.54) is 35.7 Å². The third-order valence-electron chi connectivity index (χ3n) is 5.25. The van der Waals surface area contributed by atoms with Gasteiger partial charge in [0.25, 0.3) is 0 Å². The number of halogens is 2. The molecule has 2 heteroatoms. The largest absolute Gasteiger partial charge is 0.0881 e. The van der Waals surface area contributed by atoms with Gasteiger partial charge >= 0.3 is 0 Å². The summed E-state index contributed by atoms with van der Waals surface area (Å²) in [6.45, 7) is 9.46. The molecule has 0 amide bonds. The fourth-order valence-corrected chi connectivity index (χ4v) is 4.81. The van der Waals surface area contributed by atoms with Crippen molar-refractivity contribution in [2.24, 2.45) is 10.8 Å². The normalized spacial score (nSPS) is 37.3. The predicted octanol–water partition coefficient (Wildman–Crippen LogP) is 5.97. The molecule has 0 aromatic carbocycles. The van der Waals surface area contributed by atoms with Crippen molar-refractivity contribution in [3.63, 3.8) is 0 Å². The highest BCUT2D eigenvalue weighted by Crippen LogP contribution is 2.61. The second-order valence-electron chi connectivity index (χ2n) is 6.26. The van der Waals surface area contributed by atoms with Gasteiger partial charge in [-0.2, -0.15) is 0 Å². The summed E-state index contributed by atoms with van der Waals surface area (Å²) in [5, 5.41) is 0. The van der Waals surface area contributed by atoms with Crippen LogP contribution in [-0.4, -0.2) is 4.83 Å². The summed E-state index contributed by atoms with van der Waals surface area (Å²) in [6, 6.07) is 0. The van der Waals surface area contributed by atoms with Crippen molar-refractivity contribution in [3.8, 4) is 0 Å². The molecule has 2 unspecified atom stereocenters. The van der Waals surface area contributed by atoms with E-state index in [4.69, 9.17) is 0 Å². The standard InChI is InChI=1S/C15H22Br2/c1-10-7-8-15(9-12(10)16)11(2)5-6-13(17)14(15,3)4/h5,13H,6-9H2,1-4H3. The first-order chi connectivity index (χ1) is 7.81. The van der Waals surface area contributed by atoms with Crippen LogP contribution in [0.1, 0.15) is 53.4 Å². The second-order valence-corrected chi connectivity index (χ2v) is 8.32. The van der Waals surface area contributed by atoms with Gasteiger partial charge in [0.2, 0.25) is 0 Å². The first-order valence-corrected chi connectivity index (χ1v) is 8.17. The molecule has 0 aromatic heterocycles. The van der Waals surface area contributed by atoms with Crippen LogP contribution in [0.2, 0.25) is 0 Å². The van der Waals surface area contributed by atoms with Gasteiger partial charge in [0.1, 0.15) is 0 Å². The average Bonchev–Trinajstić information content (AvgIpc) is 2.27. The molecule has 2 rings (SSSR count). The lowest BCUT2D eigenvalue weighted by molar-refractivity contribution is 0.0826. The van der Waals surface area contributed by atoms with Gasteiger partial charge in [0, 0.05) is 10.2 Å².